The normalized spacial score (nSPS) is 23.4. The predicted molar refractivity (Wildman–Crippen MR) is 292 cm³/mol. The highest BCUT2D eigenvalue weighted by molar-refractivity contribution is 9.10. The van der Waals surface area contributed by atoms with E-state index in [9.17, 15) is 63.3 Å². The topological polar surface area (TPSA) is 456 Å². The molecular formula is C51H79BrN14O13. The molecule has 1 heterocycles. The summed E-state index contributed by atoms with van der Waals surface area (Å²) in [5.74, 6) is -9.79. The van der Waals surface area contributed by atoms with E-state index in [1.54, 1.807) is 56.3 Å². The lowest BCUT2D eigenvalue weighted by molar-refractivity contribution is -0.138. The molecule has 1 aliphatic rings. The molecule has 12 atom stereocenters. The van der Waals surface area contributed by atoms with Crippen LogP contribution in [-0.4, -0.2) is 174 Å². The number of benzene rings is 2. The maximum Gasteiger partial charge on any atom is 0.254 e. The molecule has 0 aliphatic carbocycles. The van der Waals surface area contributed by atoms with E-state index in [0.29, 0.717) is 10.0 Å². The SMILES string of the molecule is CC(C)C[C@@H]1NC(=O)[C@@H](Cc2ccccc2)NC(=O)[C@H](CCN)NC(=O)[C@@H](NC(=O)[C@H](CCN)NC(=O)[C@@H](NC(=O)C(O)c2cccc(Br)c2)C(C)O)CCNC(=O)C(C(C)O)NC(=O)[C@H](CCN)NC(=O)[C@H](CCN)NC1=O. The summed E-state index contributed by atoms with van der Waals surface area (Å²) >= 11 is 3.26. The van der Waals surface area contributed by atoms with Gasteiger partial charge in [0.1, 0.15) is 54.4 Å². The third-order valence-corrected chi connectivity index (χ3v) is 13.0. The minimum atomic E-state index is -1.78. The van der Waals surface area contributed by atoms with Gasteiger partial charge in [-0.1, -0.05) is 72.2 Å². The molecule has 2 aromatic carbocycles. The lowest BCUT2D eigenvalue weighted by Gasteiger charge is -2.28. The molecule has 79 heavy (non-hydrogen) atoms. The molecule has 21 N–H and O–H groups in total. The van der Waals surface area contributed by atoms with Crippen LogP contribution in [0.5, 0.6) is 0 Å². The third kappa shape index (κ3) is 21.8. The Balaban J connectivity index is 2.11. The van der Waals surface area contributed by atoms with E-state index in [1.807, 2.05) is 0 Å². The van der Waals surface area contributed by atoms with Crippen LogP contribution in [-0.2, 0) is 54.4 Å². The third-order valence-electron chi connectivity index (χ3n) is 12.5. The van der Waals surface area contributed by atoms with Gasteiger partial charge in [0, 0.05) is 17.4 Å². The molecule has 10 amide bonds. The standard InChI is InChI=1S/C51H79BrN14O13/c1-26(2)23-37-47(75)60-32(13-18-53)42(70)59-35(16-21-56)46(74)65-39(27(3)67)49(77)57-22-17-36(45(73)58-33(14-19-54)44(72)64-38(48(76)63-37)24-29-9-6-5-7-10-29)61-43(71)34(15-20-55)62-50(78)40(28(4)68)66-51(79)41(69)30-11-8-12-31(52)25-30/h5-12,25-28,32-41,67-69H,13-24,53-56H2,1-4H3,(H,57,77)(H,58,73)(H,59,70)(H,60,75)(H,61,71)(H,62,78)(H,63,76)(H,64,72)(H,65,74)(H,66,79)/t27?,28?,32-,33-,34-,35-,36-,37-,38+,39?,40-,41?/m0/s1. The minimum absolute atomic E-state index is 0.0470. The predicted octanol–water partition coefficient (Wildman–Crippen LogP) is -5.19. The molecule has 1 aliphatic heterocycles. The highest BCUT2D eigenvalue weighted by atomic mass is 79.9. The van der Waals surface area contributed by atoms with E-state index in [2.05, 4.69) is 69.1 Å². The molecule has 0 saturated carbocycles. The Kier molecular flexibility index (Phi) is 28.4. The Morgan fingerprint density at radius 1 is 0.608 bits per heavy atom. The van der Waals surface area contributed by atoms with Gasteiger partial charge in [0.2, 0.25) is 53.2 Å². The van der Waals surface area contributed by atoms with Crippen LogP contribution in [0.25, 0.3) is 0 Å². The van der Waals surface area contributed by atoms with Gasteiger partial charge in [-0.15, -0.1) is 0 Å². The molecule has 438 valence electrons. The average Bonchev–Trinajstić information content (AvgIpc) is 3.40. The molecule has 28 heteroatoms. The number of nitrogens with one attached hydrogen (secondary N) is 10. The van der Waals surface area contributed by atoms with Gasteiger partial charge in [-0.3, -0.25) is 47.9 Å². The number of hydrogen-bond donors (Lipinski definition) is 17. The van der Waals surface area contributed by atoms with Crippen molar-refractivity contribution >= 4 is 75.0 Å². The van der Waals surface area contributed by atoms with E-state index in [0.717, 1.165) is 0 Å². The van der Waals surface area contributed by atoms with Crippen LogP contribution in [0.15, 0.2) is 59.1 Å². The largest absolute Gasteiger partial charge is 0.391 e. The van der Waals surface area contributed by atoms with Gasteiger partial charge in [-0.05, 0) is 108 Å². The summed E-state index contributed by atoms with van der Waals surface area (Å²) in [7, 11) is 0. The fourth-order valence-corrected chi connectivity index (χ4v) is 8.66. The van der Waals surface area contributed by atoms with Crippen LogP contribution in [0.3, 0.4) is 0 Å². The smallest absolute Gasteiger partial charge is 0.254 e. The van der Waals surface area contributed by atoms with E-state index in [4.69, 9.17) is 22.9 Å². The fourth-order valence-electron chi connectivity index (χ4n) is 8.24. The Labute approximate surface area is 466 Å². The lowest BCUT2D eigenvalue weighted by Crippen LogP contribution is -2.61. The van der Waals surface area contributed by atoms with Gasteiger partial charge in [0.15, 0.2) is 6.10 Å². The first-order chi connectivity index (χ1) is 37.4. The summed E-state index contributed by atoms with van der Waals surface area (Å²) < 4.78 is 0.542. The zero-order chi connectivity index (χ0) is 58.9. The number of rotatable bonds is 21. The molecule has 1 fully saturated rings. The molecule has 0 spiro atoms. The zero-order valence-electron chi connectivity index (χ0n) is 44.8. The molecule has 3 rings (SSSR count). The summed E-state index contributed by atoms with van der Waals surface area (Å²) in [5.41, 5.74) is 24.2. The van der Waals surface area contributed by atoms with Crippen molar-refractivity contribution in [2.75, 3.05) is 32.7 Å². The summed E-state index contributed by atoms with van der Waals surface area (Å²) in [4.78, 5) is 140. The van der Waals surface area contributed by atoms with Crippen molar-refractivity contribution in [1.82, 2.24) is 53.2 Å². The lowest BCUT2D eigenvalue weighted by atomic mass is 10.00. The van der Waals surface area contributed by atoms with Crippen molar-refractivity contribution in [2.45, 2.75) is 145 Å². The van der Waals surface area contributed by atoms with Crippen molar-refractivity contribution in [3.63, 3.8) is 0 Å². The van der Waals surface area contributed by atoms with Gasteiger partial charge in [0.25, 0.3) is 5.91 Å². The molecule has 0 radical (unpaired) electrons. The monoisotopic (exact) mass is 1170 g/mol. The van der Waals surface area contributed by atoms with Crippen molar-refractivity contribution in [3.05, 3.63) is 70.2 Å². The summed E-state index contributed by atoms with van der Waals surface area (Å²) in [6, 6.07) is 1.07. The maximum absolute atomic E-state index is 14.4. The van der Waals surface area contributed by atoms with Crippen LogP contribution in [0.2, 0.25) is 0 Å². The van der Waals surface area contributed by atoms with Crippen molar-refractivity contribution in [3.8, 4) is 0 Å². The van der Waals surface area contributed by atoms with Gasteiger partial charge in [0.05, 0.1) is 12.2 Å². The van der Waals surface area contributed by atoms with E-state index in [-0.39, 0.29) is 76.2 Å². The molecule has 2 aromatic rings. The number of hydrogen-bond acceptors (Lipinski definition) is 17. The van der Waals surface area contributed by atoms with Gasteiger partial charge >= 0.3 is 0 Å². The second kappa shape index (κ2) is 33.7. The number of halogens is 1. The highest BCUT2D eigenvalue weighted by Crippen LogP contribution is 2.19. The molecule has 1 saturated heterocycles. The Morgan fingerprint density at radius 3 is 1.65 bits per heavy atom. The van der Waals surface area contributed by atoms with Crippen molar-refractivity contribution in [1.29, 1.82) is 0 Å². The molecule has 27 nitrogen and oxygen atoms in total. The fraction of sp³-hybridized carbons (Fsp3) is 0.569. The second-order valence-electron chi connectivity index (χ2n) is 19.5. The van der Waals surface area contributed by atoms with Crippen molar-refractivity contribution in [2.24, 2.45) is 28.9 Å². The molecule has 0 bridgehead atoms. The first-order valence-electron chi connectivity index (χ1n) is 26.1. The Bertz CT molecular complexity index is 2390. The number of amides is 10. The summed E-state index contributed by atoms with van der Waals surface area (Å²) in [6.45, 7) is 4.80. The number of aliphatic hydroxyl groups is 3. The average molecular weight is 1180 g/mol. The van der Waals surface area contributed by atoms with Gasteiger partial charge < -0.3 is 91.4 Å². The van der Waals surface area contributed by atoms with Crippen LogP contribution >= 0.6 is 15.9 Å². The van der Waals surface area contributed by atoms with Gasteiger partial charge in [-0.25, -0.2) is 0 Å². The molecular weight excluding hydrogens is 1100 g/mol. The second-order valence-corrected chi connectivity index (χ2v) is 20.5. The van der Waals surface area contributed by atoms with E-state index < -0.39 is 145 Å². The number of nitrogens with two attached hydrogens (primary N) is 4. The first kappa shape index (κ1) is 66.6. The number of carbonyl (C=O) groups excluding carboxylic acids is 10. The van der Waals surface area contributed by atoms with Crippen molar-refractivity contribution < 1.29 is 63.3 Å². The first-order valence-corrected chi connectivity index (χ1v) is 26.9. The Morgan fingerprint density at radius 2 is 1.13 bits per heavy atom. The molecule has 4 unspecified atom stereocenters. The van der Waals surface area contributed by atoms with Crippen LogP contribution in [0, 0.1) is 5.92 Å². The summed E-state index contributed by atoms with van der Waals surface area (Å²) in [6.07, 6.45) is -6.26. The highest BCUT2D eigenvalue weighted by Gasteiger charge is 2.37. The Hall–Kier alpha value is -6.66. The van der Waals surface area contributed by atoms with Gasteiger partial charge in [-0.2, -0.15) is 0 Å². The van der Waals surface area contributed by atoms with E-state index in [1.165, 1.54) is 26.0 Å². The van der Waals surface area contributed by atoms with E-state index >= 15 is 0 Å². The summed E-state index contributed by atoms with van der Waals surface area (Å²) in [5, 5.41) is 57.3. The quantitative estimate of drug-likeness (QED) is 0.0556. The van der Waals surface area contributed by atoms with Crippen LogP contribution in [0.1, 0.15) is 83.5 Å². The van der Waals surface area contributed by atoms with Crippen LogP contribution in [0.4, 0.5) is 0 Å². The molecule has 0 aromatic heterocycles. The number of aliphatic hydroxyl groups excluding tert-OH is 3. The maximum atomic E-state index is 14.4. The number of carbonyl (C=O) groups is 10. The van der Waals surface area contributed by atoms with Crippen LogP contribution < -0.4 is 76.1 Å². The minimum Gasteiger partial charge on any atom is -0.391 e. The zero-order valence-corrected chi connectivity index (χ0v) is 46.4.